The molecule has 115 heavy (non-hydrogen) atoms. The van der Waals surface area contributed by atoms with Crippen LogP contribution < -0.4 is 30.7 Å². The summed E-state index contributed by atoms with van der Waals surface area (Å²) in [5.74, 6) is -5.19. The average Bonchev–Trinajstić information content (AvgIpc) is 1.58. The van der Waals surface area contributed by atoms with Crippen molar-refractivity contribution >= 4 is 87.2 Å². The van der Waals surface area contributed by atoms with Gasteiger partial charge in [0.2, 0.25) is 23.7 Å². The highest BCUT2D eigenvalue weighted by atomic mass is 19.4. The van der Waals surface area contributed by atoms with E-state index in [1.165, 1.54) is 70.9 Å². The number of anilines is 9. The number of nitrogens with one attached hydrogen (secondary N) is 3. The number of alkyl halides is 9. The molecule has 0 saturated carbocycles. The van der Waals surface area contributed by atoms with Crippen LogP contribution in [0.15, 0.2) is 243 Å². The molecule has 0 bridgehead atoms. The number of benzene rings is 9. The lowest BCUT2D eigenvalue weighted by Crippen LogP contribution is -2.34. The topological polar surface area (TPSA) is 200 Å². The van der Waals surface area contributed by atoms with E-state index in [4.69, 9.17) is 0 Å². The fourth-order valence-corrected chi connectivity index (χ4v) is 14.2. The fraction of sp³-hybridized carbons (Fsp3) is 0.159. The van der Waals surface area contributed by atoms with Crippen molar-refractivity contribution in [3.63, 3.8) is 0 Å². The zero-order valence-electron chi connectivity index (χ0n) is 62.3. The maximum absolute atomic E-state index is 14.8. The smallest absolute Gasteiger partial charge is 0.322 e. The van der Waals surface area contributed by atoms with E-state index in [1.807, 2.05) is 13.8 Å². The van der Waals surface area contributed by atoms with Gasteiger partial charge in [0.15, 0.2) is 11.6 Å². The van der Waals surface area contributed by atoms with E-state index in [2.05, 4.69) is 35.9 Å². The summed E-state index contributed by atoms with van der Waals surface area (Å²) >= 11 is 0. The molecule has 27 heteroatoms. The normalized spacial score (nSPS) is 14.4. The summed E-state index contributed by atoms with van der Waals surface area (Å²) in [5, 5.41) is 7.61. The molecule has 3 N–H and O–H groups in total. The Labute approximate surface area is 651 Å². The predicted molar refractivity (Wildman–Crippen MR) is 414 cm³/mol. The van der Waals surface area contributed by atoms with Crippen LogP contribution in [-0.4, -0.2) is 55.4 Å². The number of pyridine rings is 2. The number of para-hydroxylation sites is 1. The fourth-order valence-electron chi connectivity index (χ4n) is 14.2. The molecule has 16 nitrogen and oxygen atoms in total. The maximum Gasteiger partial charge on any atom is 0.417 e. The van der Waals surface area contributed by atoms with Gasteiger partial charge in [-0.05, 0) is 221 Å². The zero-order valence-corrected chi connectivity index (χ0v) is 62.3. The van der Waals surface area contributed by atoms with Gasteiger partial charge in [0.25, 0.3) is 17.7 Å². The highest BCUT2D eigenvalue weighted by Crippen LogP contribution is 2.54. The minimum absolute atomic E-state index is 0.201. The standard InChI is InChI=1S/C31H23F5N2O2.C29H23F3N4O2.C28H21F3N4O2/c1-17-10-13-19(14-11-17)37-28(39)21-16-18(12-15-22(21)31(34,35)36)20-6-4-8-24-26(20)30(2,3)29(40)38(24)25-9-5-7-23(32)27(25)33;1-17-7-10-19(11-8-17)35-26(37)21-16-18(9-12-22(21)29(30,31)32)20-13-15-34-25-24(20)28(2,3)27(38)36(25)23-6-4-5-14-33-23;1-27(2)23-19(10-6-11-22(23)35(25(27)37)26-32-14-7-15-33-26)17-12-13-21(28(29,30)31)20(16-17)24(36)34-18-8-4-3-5-9-18/h4-16H,1-3H3,(H,37,39);4-16H,1-3H3,(H,35,37);3-16H,1-2H3,(H,34,36). The van der Waals surface area contributed by atoms with Crippen molar-refractivity contribution in [2.45, 2.75) is 90.2 Å². The van der Waals surface area contributed by atoms with E-state index < -0.39 is 103 Å². The van der Waals surface area contributed by atoms with E-state index in [9.17, 15) is 77.1 Å². The van der Waals surface area contributed by atoms with Gasteiger partial charge in [-0.3, -0.25) is 33.7 Å². The molecule has 6 heterocycles. The van der Waals surface area contributed by atoms with E-state index in [0.29, 0.717) is 78.9 Å². The van der Waals surface area contributed by atoms with Crippen LogP contribution in [0.3, 0.4) is 0 Å². The highest BCUT2D eigenvalue weighted by Gasteiger charge is 2.51. The van der Waals surface area contributed by atoms with Crippen LogP contribution in [0.4, 0.5) is 100 Å². The van der Waals surface area contributed by atoms with Gasteiger partial charge >= 0.3 is 18.5 Å². The predicted octanol–water partition coefficient (Wildman–Crippen LogP) is 21.2. The third-order valence-corrected chi connectivity index (χ3v) is 19.9. The molecule has 6 amide bonds. The number of rotatable bonds is 12. The van der Waals surface area contributed by atoms with Crippen molar-refractivity contribution < 1.29 is 77.1 Å². The second-order valence-corrected chi connectivity index (χ2v) is 28.8. The average molecular weight is 1570 g/mol. The van der Waals surface area contributed by atoms with Crippen LogP contribution in [0.2, 0.25) is 0 Å². The summed E-state index contributed by atoms with van der Waals surface area (Å²) < 4.78 is 154. The van der Waals surface area contributed by atoms with Gasteiger partial charge in [-0.25, -0.2) is 38.5 Å². The van der Waals surface area contributed by atoms with Crippen LogP contribution in [0, 0.1) is 25.5 Å². The van der Waals surface area contributed by atoms with Gasteiger partial charge in [-0.1, -0.05) is 108 Å². The Hall–Kier alpha value is -13.6. The molecular formula is C88H67F11N10O6. The van der Waals surface area contributed by atoms with Crippen molar-refractivity contribution in [1.82, 2.24) is 19.9 Å². The van der Waals surface area contributed by atoms with E-state index in [0.717, 1.165) is 46.4 Å². The second-order valence-electron chi connectivity index (χ2n) is 28.8. The Bertz CT molecular complexity index is 5840. The van der Waals surface area contributed by atoms with Crippen LogP contribution in [0.5, 0.6) is 0 Å². The summed E-state index contributed by atoms with van der Waals surface area (Å²) in [4.78, 5) is 101. The number of carbonyl (C=O) groups excluding carboxylic acids is 6. The largest absolute Gasteiger partial charge is 0.417 e. The highest BCUT2D eigenvalue weighted by molar-refractivity contribution is 6.17. The summed E-state index contributed by atoms with van der Waals surface area (Å²) in [7, 11) is 0. The third-order valence-electron chi connectivity index (χ3n) is 19.9. The minimum Gasteiger partial charge on any atom is -0.322 e. The molecule has 15 rings (SSSR count). The number of carbonyl (C=O) groups is 6. The monoisotopic (exact) mass is 1570 g/mol. The minimum atomic E-state index is -4.81. The molecule has 3 aliphatic rings. The molecule has 3 aliphatic heterocycles. The van der Waals surface area contributed by atoms with Crippen LogP contribution in [0.25, 0.3) is 33.4 Å². The summed E-state index contributed by atoms with van der Waals surface area (Å²) in [6.45, 7) is 13.9. The number of aryl methyl sites for hydroxylation is 2. The molecule has 0 aliphatic carbocycles. The van der Waals surface area contributed by atoms with Gasteiger partial charge in [-0.15, -0.1) is 0 Å². The number of halogens is 11. The first-order chi connectivity index (χ1) is 54.4. The van der Waals surface area contributed by atoms with Gasteiger partial charge in [0, 0.05) is 47.4 Å². The van der Waals surface area contributed by atoms with Gasteiger partial charge in [0.1, 0.15) is 11.6 Å². The number of hydrogen-bond acceptors (Lipinski definition) is 10. The third kappa shape index (κ3) is 15.4. The van der Waals surface area contributed by atoms with Crippen molar-refractivity contribution in [3.05, 3.63) is 316 Å². The number of hydrogen-bond donors (Lipinski definition) is 3. The zero-order chi connectivity index (χ0) is 82.6. The second kappa shape index (κ2) is 30.5. The molecule has 582 valence electrons. The summed E-state index contributed by atoms with van der Waals surface area (Å²) in [6.07, 6.45) is -8.19. The van der Waals surface area contributed by atoms with Crippen LogP contribution in [0.1, 0.15) is 117 Å². The molecular weight excluding hydrogens is 1500 g/mol. The Morgan fingerprint density at radius 1 is 0.357 bits per heavy atom. The molecule has 0 atom stereocenters. The van der Waals surface area contributed by atoms with Gasteiger partial charge < -0.3 is 16.0 Å². The van der Waals surface area contributed by atoms with E-state index in [1.54, 1.807) is 193 Å². The molecule has 9 aromatic carbocycles. The number of aromatic nitrogens is 4. The van der Waals surface area contributed by atoms with Crippen LogP contribution in [-0.2, 0) is 49.2 Å². The molecule has 0 saturated heterocycles. The molecule has 0 radical (unpaired) electrons. The lowest BCUT2D eigenvalue weighted by atomic mass is 9.81. The number of fused-ring (bicyclic) bond motifs is 3. The molecule has 3 aromatic heterocycles. The Morgan fingerprint density at radius 3 is 1.18 bits per heavy atom. The molecule has 0 fully saturated rings. The van der Waals surface area contributed by atoms with Crippen LogP contribution >= 0.6 is 0 Å². The summed E-state index contributed by atoms with van der Waals surface area (Å²) in [5.41, 5.74) is -0.755. The first-order valence-electron chi connectivity index (χ1n) is 35.6. The van der Waals surface area contributed by atoms with Crippen molar-refractivity contribution in [3.8, 4) is 33.4 Å². The lowest BCUT2D eigenvalue weighted by molar-refractivity contribution is -0.138. The SMILES string of the molecule is CC1(C)C(=O)N(c2ncccn2)c2cccc(-c3ccc(C(F)(F)F)c(C(=O)Nc4ccccc4)c3)c21.Cc1ccc(NC(=O)c2cc(-c3cccc4c3C(C)(C)C(=O)N4c3cccc(F)c3F)ccc2C(F)(F)F)cc1.Cc1ccc(NC(=O)c2cc(-c3ccnc4c3C(C)(C)C(=O)N4c3ccccn3)ccc2C(F)(F)F)cc1. The quantitative estimate of drug-likeness (QED) is 0.0989. The molecule has 0 spiro atoms. The maximum atomic E-state index is 14.8. The van der Waals surface area contributed by atoms with Gasteiger partial charge in [-0.2, -0.15) is 39.5 Å². The van der Waals surface area contributed by atoms with E-state index >= 15 is 0 Å². The first-order valence-corrected chi connectivity index (χ1v) is 35.6. The molecule has 0 unspecified atom stereocenters. The number of nitrogens with zero attached hydrogens (tertiary/aromatic N) is 7. The number of amides is 6. The molecule has 12 aromatic rings. The van der Waals surface area contributed by atoms with Crippen molar-refractivity contribution in [2.75, 3.05) is 30.7 Å². The Morgan fingerprint density at radius 2 is 0.739 bits per heavy atom. The van der Waals surface area contributed by atoms with Gasteiger partial charge in [0.05, 0.1) is 66.7 Å². The Kier molecular flexibility index (Phi) is 21.1. The van der Waals surface area contributed by atoms with E-state index in [-0.39, 0.29) is 34.7 Å². The first kappa shape index (κ1) is 79.5. The van der Waals surface area contributed by atoms with Crippen molar-refractivity contribution in [2.24, 2.45) is 0 Å². The summed E-state index contributed by atoms with van der Waals surface area (Å²) in [6, 6.07) is 53.5. The van der Waals surface area contributed by atoms with Crippen molar-refractivity contribution in [1.29, 1.82) is 0 Å². The lowest BCUT2D eigenvalue weighted by Gasteiger charge is -2.21. The Balaban J connectivity index is 0.000000150.